The molecule has 1 aromatic heterocycles. The number of aromatic amines is 1. The Morgan fingerprint density at radius 1 is 1.08 bits per heavy atom. The van der Waals surface area contributed by atoms with E-state index in [0.717, 1.165) is 40.6 Å². The minimum Gasteiger partial charge on any atom is -0.497 e. The summed E-state index contributed by atoms with van der Waals surface area (Å²) in [5.74, 6) is 2.41. The Hall–Kier alpha value is -2.99. The minimum absolute atomic E-state index is 0.276. The third-order valence-corrected chi connectivity index (χ3v) is 4.18. The summed E-state index contributed by atoms with van der Waals surface area (Å²) in [5, 5.41) is 10.7. The third-order valence-electron chi connectivity index (χ3n) is 4.18. The first-order valence-corrected chi connectivity index (χ1v) is 8.09. The average molecular weight is 337 g/mol. The van der Waals surface area contributed by atoms with Gasteiger partial charge in [0, 0.05) is 24.2 Å². The molecule has 0 spiro atoms. The second-order valence-electron chi connectivity index (χ2n) is 5.79. The summed E-state index contributed by atoms with van der Waals surface area (Å²) in [4.78, 5) is 0. The number of fused-ring (bicyclic) bond motifs is 1. The summed E-state index contributed by atoms with van der Waals surface area (Å²) in [6.07, 6.45) is 1.85. The number of hydrogen-bond acceptors (Lipinski definition) is 5. The number of nitrogens with zero attached hydrogens (tertiary/aromatic N) is 1. The molecule has 0 aliphatic carbocycles. The van der Waals surface area contributed by atoms with Crippen molar-refractivity contribution in [1.29, 1.82) is 0 Å². The lowest BCUT2D eigenvalue weighted by Gasteiger charge is -2.07. The van der Waals surface area contributed by atoms with E-state index in [9.17, 15) is 0 Å². The van der Waals surface area contributed by atoms with Crippen LogP contribution < -0.4 is 19.5 Å². The van der Waals surface area contributed by atoms with Crippen LogP contribution in [-0.2, 0) is 13.1 Å². The SMILES string of the molecule is COc1ccc(CNCc2cn[nH]c2-c2ccc3c(c2)OCO3)cc1. The topological polar surface area (TPSA) is 68.4 Å². The number of nitrogens with one attached hydrogen (secondary N) is 2. The molecule has 0 amide bonds. The zero-order chi connectivity index (χ0) is 17.1. The van der Waals surface area contributed by atoms with Crippen molar-refractivity contribution < 1.29 is 14.2 Å². The zero-order valence-electron chi connectivity index (χ0n) is 13.9. The lowest BCUT2D eigenvalue weighted by molar-refractivity contribution is 0.174. The lowest BCUT2D eigenvalue weighted by Crippen LogP contribution is -2.12. The van der Waals surface area contributed by atoms with Gasteiger partial charge in [-0.15, -0.1) is 0 Å². The van der Waals surface area contributed by atoms with Crippen molar-refractivity contribution in [2.45, 2.75) is 13.1 Å². The van der Waals surface area contributed by atoms with Gasteiger partial charge in [-0.05, 0) is 35.9 Å². The Balaban J connectivity index is 1.43. The van der Waals surface area contributed by atoms with Crippen molar-refractivity contribution in [3.63, 3.8) is 0 Å². The molecule has 2 heterocycles. The summed E-state index contributed by atoms with van der Waals surface area (Å²) in [7, 11) is 1.67. The molecule has 3 aromatic rings. The molecule has 0 unspecified atom stereocenters. The smallest absolute Gasteiger partial charge is 0.231 e. The van der Waals surface area contributed by atoms with E-state index in [2.05, 4.69) is 27.6 Å². The van der Waals surface area contributed by atoms with Gasteiger partial charge in [-0.3, -0.25) is 5.10 Å². The van der Waals surface area contributed by atoms with E-state index >= 15 is 0 Å². The first-order chi connectivity index (χ1) is 12.3. The summed E-state index contributed by atoms with van der Waals surface area (Å²) in [6.45, 7) is 1.76. The molecule has 2 aromatic carbocycles. The van der Waals surface area contributed by atoms with Crippen LogP contribution in [0, 0.1) is 0 Å². The molecule has 6 nitrogen and oxygen atoms in total. The van der Waals surface area contributed by atoms with Crippen LogP contribution in [0.2, 0.25) is 0 Å². The zero-order valence-corrected chi connectivity index (χ0v) is 13.9. The van der Waals surface area contributed by atoms with Crippen molar-refractivity contribution in [2.24, 2.45) is 0 Å². The van der Waals surface area contributed by atoms with E-state index in [1.165, 1.54) is 5.56 Å². The molecular formula is C19H19N3O3. The maximum atomic E-state index is 5.45. The normalized spacial score (nSPS) is 12.4. The number of rotatable bonds is 6. The molecular weight excluding hydrogens is 318 g/mol. The molecule has 25 heavy (non-hydrogen) atoms. The number of benzene rings is 2. The third kappa shape index (κ3) is 3.29. The molecule has 6 heteroatoms. The number of hydrogen-bond donors (Lipinski definition) is 2. The van der Waals surface area contributed by atoms with Crippen LogP contribution >= 0.6 is 0 Å². The van der Waals surface area contributed by atoms with E-state index in [1.807, 2.05) is 36.5 Å². The van der Waals surface area contributed by atoms with Crippen molar-refractivity contribution >= 4 is 0 Å². The van der Waals surface area contributed by atoms with Gasteiger partial charge in [0.15, 0.2) is 11.5 Å². The van der Waals surface area contributed by atoms with Crippen LogP contribution in [0.3, 0.4) is 0 Å². The van der Waals surface area contributed by atoms with Crippen LogP contribution in [-0.4, -0.2) is 24.1 Å². The molecule has 2 N–H and O–H groups in total. The van der Waals surface area contributed by atoms with Crippen LogP contribution in [0.15, 0.2) is 48.7 Å². The van der Waals surface area contributed by atoms with Gasteiger partial charge in [-0.1, -0.05) is 12.1 Å². The van der Waals surface area contributed by atoms with Gasteiger partial charge in [-0.2, -0.15) is 5.10 Å². The van der Waals surface area contributed by atoms with Crippen molar-refractivity contribution in [2.75, 3.05) is 13.9 Å². The van der Waals surface area contributed by atoms with Gasteiger partial charge >= 0.3 is 0 Å². The fourth-order valence-corrected chi connectivity index (χ4v) is 2.83. The van der Waals surface area contributed by atoms with Gasteiger partial charge in [0.25, 0.3) is 0 Å². The number of methoxy groups -OCH3 is 1. The largest absolute Gasteiger partial charge is 0.497 e. The Morgan fingerprint density at radius 3 is 2.76 bits per heavy atom. The second kappa shape index (κ2) is 6.86. The van der Waals surface area contributed by atoms with E-state index in [1.54, 1.807) is 7.11 Å². The second-order valence-corrected chi connectivity index (χ2v) is 5.79. The van der Waals surface area contributed by atoms with Crippen LogP contribution in [0.5, 0.6) is 17.2 Å². The molecule has 0 radical (unpaired) electrons. The molecule has 1 aliphatic rings. The van der Waals surface area contributed by atoms with E-state index in [-0.39, 0.29) is 6.79 Å². The number of H-pyrrole nitrogens is 1. The molecule has 0 bridgehead atoms. The standard InChI is InChI=1S/C19H19N3O3/c1-23-16-5-2-13(3-6-16)9-20-10-15-11-21-22-19(15)14-4-7-17-18(8-14)25-12-24-17/h2-8,11,20H,9-10,12H2,1H3,(H,21,22). The van der Waals surface area contributed by atoms with Gasteiger partial charge in [0.2, 0.25) is 6.79 Å². The van der Waals surface area contributed by atoms with Gasteiger partial charge in [-0.25, -0.2) is 0 Å². The molecule has 128 valence electrons. The highest BCUT2D eigenvalue weighted by atomic mass is 16.7. The van der Waals surface area contributed by atoms with Gasteiger partial charge in [0.1, 0.15) is 5.75 Å². The summed E-state index contributed by atoms with van der Waals surface area (Å²) in [5.41, 5.74) is 4.32. The summed E-state index contributed by atoms with van der Waals surface area (Å²) in [6, 6.07) is 13.9. The van der Waals surface area contributed by atoms with Crippen LogP contribution in [0.1, 0.15) is 11.1 Å². The number of aromatic nitrogens is 2. The Labute approximate surface area is 145 Å². The van der Waals surface area contributed by atoms with E-state index in [0.29, 0.717) is 6.54 Å². The highest BCUT2D eigenvalue weighted by molar-refractivity contribution is 5.66. The average Bonchev–Trinajstić information content (AvgIpc) is 3.30. The van der Waals surface area contributed by atoms with Crippen molar-refractivity contribution in [3.05, 3.63) is 59.8 Å². The number of ether oxygens (including phenoxy) is 3. The maximum Gasteiger partial charge on any atom is 0.231 e. The van der Waals surface area contributed by atoms with Crippen molar-refractivity contribution in [1.82, 2.24) is 15.5 Å². The fourth-order valence-electron chi connectivity index (χ4n) is 2.83. The first kappa shape index (κ1) is 15.5. The molecule has 0 atom stereocenters. The molecule has 4 rings (SSSR count). The van der Waals surface area contributed by atoms with Crippen LogP contribution in [0.4, 0.5) is 0 Å². The summed E-state index contributed by atoms with van der Waals surface area (Å²) < 4.78 is 16.0. The highest BCUT2D eigenvalue weighted by Crippen LogP contribution is 2.36. The maximum absolute atomic E-state index is 5.45. The Morgan fingerprint density at radius 2 is 1.92 bits per heavy atom. The lowest BCUT2D eigenvalue weighted by atomic mass is 10.1. The Kier molecular flexibility index (Phi) is 4.26. The predicted molar refractivity (Wildman–Crippen MR) is 93.7 cm³/mol. The first-order valence-electron chi connectivity index (χ1n) is 8.09. The highest BCUT2D eigenvalue weighted by Gasteiger charge is 2.16. The predicted octanol–water partition coefficient (Wildman–Crippen LogP) is 3.10. The fraction of sp³-hybridized carbons (Fsp3) is 0.211. The van der Waals surface area contributed by atoms with Gasteiger partial charge in [0.05, 0.1) is 19.0 Å². The molecule has 0 fully saturated rings. The molecule has 1 aliphatic heterocycles. The van der Waals surface area contributed by atoms with Gasteiger partial charge < -0.3 is 19.5 Å². The van der Waals surface area contributed by atoms with Crippen LogP contribution in [0.25, 0.3) is 11.3 Å². The van der Waals surface area contributed by atoms with E-state index in [4.69, 9.17) is 14.2 Å². The molecule has 0 saturated carbocycles. The monoisotopic (exact) mass is 337 g/mol. The van der Waals surface area contributed by atoms with E-state index < -0.39 is 0 Å². The quantitative estimate of drug-likeness (QED) is 0.723. The Bertz CT molecular complexity index is 859. The minimum atomic E-state index is 0.276. The summed E-state index contributed by atoms with van der Waals surface area (Å²) >= 11 is 0. The van der Waals surface area contributed by atoms with Crippen molar-refractivity contribution in [3.8, 4) is 28.5 Å². The molecule has 0 saturated heterocycles.